The highest BCUT2D eigenvalue weighted by Gasteiger charge is 2.22. The fourth-order valence-electron chi connectivity index (χ4n) is 2.08. The van der Waals surface area contributed by atoms with Crippen LogP contribution in [0.2, 0.25) is 0 Å². The molecule has 3 aromatic rings. The SMILES string of the molecule is CC(OC(=O)c1ccccc1SCC(N)=O)c1nnc(-c2cccs2)o1. The largest absolute Gasteiger partial charge is 0.449 e. The summed E-state index contributed by atoms with van der Waals surface area (Å²) >= 11 is 2.66. The van der Waals surface area contributed by atoms with E-state index in [1.54, 1.807) is 31.2 Å². The molecule has 0 fully saturated rings. The van der Waals surface area contributed by atoms with Crippen LogP contribution in [0.25, 0.3) is 10.8 Å². The molecule has 2 aromatic heterocycles. The van der Waals surface area contributed by atoms with Crippen LogP contribution in [0.5, 0.6) is 0 Å². The summed E-state index contributed by atoms with van der Waals surface area (Å²) in [5.74, 6) is -0.327. The van der Waals surface area contributed by atoms with E-state index < -0.39 is 18.0 Å². The zero-order chi connectivity index (χ0) is 18.5. The van der Waals surface area contributed by atoms with Crippen molar-refractivity contribution >= 4 is 35.0 Å². The average molecular weight is 389 g/mol. The molecule has 7 nitrogen and oxygen atoms in total. The molecule has 26 heavy (non-hydrogen) atoms. The molecule has 2 N–H and O–H groups in total. The van der Waals surface area contributed by atoms with Gasteiger partial charge in [-0.3, -0.25) is 4.79 Å². The molecule has 3 rings (SSSR count). The Balaban J connectivity index is 1.71. The fraction of sp³-hybridized carbons (Fsp3) is 0.176. The number of nitrogens with two attached hydrogens (primary N) is 1. The third-order valence-corrected chi connectivity index (χ3v) is 5.23. The van der Waals surface area contributed by atoms with E-state index in [4.69, 9.17) is 14.9 Å². The second-order valence-electron chi connectivity index (χ2n) is 5.22. The molecule has 0 bridgehead atoms. The van der Waals surface area contributed by atoms with E-state index in [-0.39, 0.29) is 11.6 Å². The number of hydrogen-bond donors (Lipinski definition) is 1. The minimum atomic E-state index is -0.710. The van der Waals surface area contributed by atoms with Crippen molar-refractivity contribution in [3.05, 3.63) is 53.2 Å². The number of aromatic nitrogens is 2. The summed E-state index contributed by atoms with van der Waals surface area (Å²) in [6.45, 7) is 1.66. The molecular formula is C17H15N3O4S2. The van der Waals surface area contributed by atoms with Crippen LogP contribution in [-0.2, 0) is 9.53 Å². The summed E-state index contributed by atoms with van der Waals surface area (Å²) in [6.07, 6.45) is -0.710. The highest BCUT2D eigenvalue weighted by atomic mass is 32.2. The lowest BCUT2D eigenvalue weighted by Crippen LogP contribution is -2.14. The predicted octanol–water partition coefficient (Wildman–Crippen LogP) is 3.29. The van der Waals surface area contributed by atoms with Gasteiger partial charge in [0, 0.05) is 4.90 Å². The van der Waals surface area contributed by atoms with Crippen LogP contribution in [0.15, 0.2) is 51.1 Å². The number of carbonyl (C=O) groups excluding carboxylic acids is 2. The number of carbonyl (C=O) groups is 2. The maximum atomic E-state index is 12.5. The van der Waals surface area contributed by atoms with E-state index in [1.807, 2.05) is 17.5 Å². The molecule has 0 aliphatic heterocycles. The number of thiophene rings is 1. The first-order valence-electron chi connectivity index (χ1n) is 7.63. The Kier molecular flexibility index (Phi) is 5.69. The van der Waals surface area contributed by atoms with Gasteiger partial charge in [-0.2, -0.15) is 0 Å². The molecule has 2 heterocycles. The molecule has 0 radical (unpaired) electrons. The minimum Gasteiger partial charge on any atom is -0.449 e. The van der Waals surface area contributed by atoms with Crippen LogP contribution in [0.3, 0.4) is 0 Å². The van der Waals surface area contributed by atoms with E-state index >= 15 is 0 Å². The topological polar surface area (TPSA) is 108 Å². The van der Waals surface area contributed by atoms with E-state index in [2.05, 4.69) is 10.2 Å². The van der Waals surface area contributed by atoms with Crippen LogP contribution in [-0.4, -0.2) is 27.8 Å². The summed E-state index contributed by atoms with van der Waals surface area (Å²) in [7, 11) is 0. The van der Waals surface area contributed by atoms with Gasteiger partial charge in [0.2, 0.25) is 5.91 Å². The summed E-state index contributed by atoms with van der Waals surface area (Å²) in [5.41, 5.74) is 5.51. The number of thioether (sulfide) groups is 1. The van der Waals surface area contributed by atoms with Crippen molar-refractivity contribution in [2.75, 3.05) is 5.75 Å². The van der Waals surface area contributed by atoms with Gasteiger partial charge < -0.3 is 14.9 Å². The molecule has 134 valence electrons. The second-order valence-corrected chi connectivity index (χ2v) is 7.19. The molecule has 0 aliphatic rings. The van der Waals surface area contributed by atoms with Crippen LogP contribution in [0, 0.1) is 0 Å². The molecule has 0 spiro atoms. The lowest BCUT2D eigenvalue weighted by molar-refractivity contribution is -0.115. The van der Waals surface area contributed by atoms with Crippen LogP contribution in [0.1, 0.15) is 29.3 Å². The number of rotatable bonds is 7. The zero-order valence-corrected chi connectivity index (χ0v) is 15.4. The van der Waals surface area contributed by atoms with Crippen molar-refractivity contribution in [2.45, 2.75) is 17.9 Å². The Hall–Kier alpha value is -2.65. The molecular weight excluding hydrogens is 374 g/mol. The lowest BCUT2D eigenvalue weighted by Gasteiger charge is -2.11. The molecule has 1 unspecified atom stereocenters. The number of nitrogens with zero attached hydrogens (tertiary/aromatic N) is 2. The predicted molar refractivity (Wildman–Crippen MR) is 97.8 cm³/mol. The van der Waals surface area contributed by atoms with E-state index in [0.717, 1.165) is 4.88 Å². The zero-order valence-electron chi connectivity index (χ0n) is 13.7. The number of primary amides is 1. The Bertz CT molecular complexity index is 908. The first kappa shape index (κ1) is 18.2. The molecule has 1 atom stereocenters. The smallest absolute Gasteiger partial charge is 0.340 e. The van der Waals surface area contributed by atoms with E-state index in [1.165, 1.54) is 23.1 Å². The van der Waals surface area contributed by atoms with Gasteiger partial charge in [-0.05, 0) is 30.5 Å². The third-order valence-electron chi connectivity index (χ3n) is 3.28. The standard InChI is InChI=1S/C17H15N3O4S2/c1-10(15-19-20-16(24-15)13-7-4-8-25-13)23-17(22)11-5-2-3-6-12(11)26-9-14(18)21/h2-8,10H,9H2,1H3,(H2,18,21). The number of esters is 1. The lowest BCUT2D eigenvalue weighted by atomic mass is 10.2. The summed E-state index contributed by atoms with van der Waals surface area (Å²) in [6, 6.07) is 10.6. The molecule has 1 amide bonds. The Morgan fingerprint density at radius 1 is 1.27 bits per heavy atom. The van der Waals surface area contributed by atoms with Crippen molar-refractivity contribution in [3.8, 4) is 10.8 Å². The monoisotopic (exact) mass is 389 g/mol. The number of benzene rings is 1. The molecule has 9 heteroatoms. The number of amides is 1. The molecule has 1 aromatic carbocycles. The van der Waals surface area contributed by atoms with Gasteiger partial charge in [-0.25, -0.2) is 4.79 Å². The summed E-state index contributed by atoms with van der Waals surface area (Å²) in [5, 5.41) is 9.83. The van der Waals surface area contributed by atoms with Crippen molar-refractivity contribution in [3.63, 3.8) is 0 Å². The maximum Gasteiger partial charge on any atom is 0.340 e. The molecule has 0 saturated heterocycles. The highest BCUT2D eigenvalue weighted by Crippen LogP contribution is 2.28. The van der Waals surface area contributed by atoms with Gasteiger partial charge in [0.1, 0.15) is 0 Å². The number of ether oxygens (including phenoxy) is 1. The Morgan fingerprint density at radius 3 is 2.81 bits per heavy atom. The van der Waals surface area contributed by atoms with Crippen LogP contribution in [0.4, 0.5) is 0 Å². The van der Waals surface area contributed by atoms with Crippen molar-refractivity contribution in [2.24, 2.45) is 5.73 Å². The average Bonchev–Trinajstić information content (AvgIpc) is 3.31. The number of hydrogen-bond acceptors (Lipinski definition) is 8. The van der Waals surface area contributed by atoms with Gasteiger partial charge >= 0.3 is 5.97 Å². The Labute approximate surface area is 157 Å². The first-order valence-corrected chi connectivity index (χ1v) is 9.49. The minimum absolute atomic E-state index is 0.0771. The van der Waals surface area contributed by atoms with Crippen LogP contribution < -0.4 is 5.73 Å². The summed E-state index contributed by atoms with van der Waals surface area (Å²) in [4.78, 5) is 24.9. The van der Waals surface area contributed by atoms with Crippen molar-refractivity contribution in [1.29, 1.82) is 0 Å². The third kappa shape index (κ3) is 4.30. The van der Waals surface area contributed by atoms with E-state index in [9.17, 15) is 9.59 Å². The van der Waals surface area contributed by atoms with Gasteiger partial charge in [0.25, 0.3) is 11.8 Å². The first-order chi connectivity index (χ1) is 12.5. The van der Waals surface area contributed by atoms with Crippen molar-refractivity contribution in [1.82, 2.24) is 10.2 Å². The quantitative estimate of drug-likeness (QED) is 0.488. The van der Waals surface area contributed by atoms with Gasteiger partial charge in [0.15, 0.2) is 6.10 Å². The van der Waals surface area contributed by atoms with Crippen molar-refractivity contribution < 1.29 is 18.7 Å². The molecule has 0 aliphatic carbocycles. The maximum absolute atomic E-state index is 12.5. The van der Waals surface area contributed by atoms with E-state index in [0.29, 0.717) is 16.3 Å². The fourth-order valence-corrected chi connectivity index (χ4v) is 3.51. The van der Waals surface area contributed by atoms with Gasteiger partial charge in [-0.15, -0.1) is 33.3 Å². The second kappa shape index (κ2) is 8.15. The normalized spacial score (nSPS) is 11.9. The van der Waals surface area contributed by atoms with Crippen LogP contribution >= 0.6 is 23.1 Å². The van der Waals surface area contributed by atoms with Gasteiger partial charge in [0.05, 0.1) is 16.2 Å². The molecule has 0 saturated carbocycles. The van der Waals surface area contributed by atoms with Gasteiger partial charge in [-0.1, -0.05) is 18.2 Å². The Morgan fingerprint density at radius 2 is 2.08 bits per heavy atom. The highest BCUT2D eigenvalue weighted by molar-refractivity contribution is 8.00. The summed E-state index contributed by atoms with van der Waals surface area (Å²) < 4.78 is 11.0.